The Morgan fingerprint density at radius 2 is 1.53 bits per heavy atom. The fraction of sp³-hybridized carbons (Fsp3) is 0.364. The van der Waals surface area contributed by atoms with E-state index in [4.69, 9.17) is 18.9 Å². The van der Waals surface area contributed by atoms with Crippen LogP contribution in [0.5, 0.6) is 23.0 Å². The van der Waals surface area contributed by atoms with Gasteiger partial charge in [0.1, 0.15) is 5.75 Å². The number of ether oxygens (including phenoxy) is 4. The third-order valence-corrected chi connectivity index (χ3v) is 4.96. The molecule has 1 aliphatic heterocycles. The first-order valence-electron chi connectivity index (χ1n) is 9.68. The summed E-state index contributed by atoms with van der Waals surface area (Å²) in [6.07, 6.45) is 0.899. The monoisotopic (exact) mass is 414 g/mol. The molecule has 0 spiro atoms. The van der Waals surface area contributed by atoms with Crippen molar-refractivity contribution in [1.29, 1.82) is 0 Å². The first-order chi connectivity index (χ1) is 14.5. The quantitative estimate of drug-likeness (QED) is 0.782. The Kier molecular flexibility index (Phi) is 7.00. The highest BCUT2D eigenvalue weighted by molar-refractivity contribution is 5.95. The predicted octanol–water partition coefficient (Wildman–Crippen LogP) is 3.11. The number of likely N-dealkylation sites (tertiary alicyclic amines) is 1. The number of nitrogens with zero attached hydrogens (tertiary/aromatic N) is 1. The van der Waals surface area contributed by atoms with E-state index in [1.165, 1.54) is 21.3 Å². The largest absolute Gasteiger partial charge is 0.493 e. The highest BCUT2D eigenvalue weighted by atomic mass is 16.6. The Hall–Kier alpha value is -3.42. The number of nitrogens with one attached hydrogen (secondary N) is 1. The van der Waals surface area contributed by atoms with Crippen LogP contribution in [0, 0.1) is 0 Å². The summed E-state index contributed by atoms with van der Waals surface area (Å²) >= 11 is 0. The number of benzene rings is 2. The molecule has 8 nitrogen and oxygen atoms in total. The van der Waals surface area contributed by atoms with Gasteiger partial charge in [-0.2, -0.15) is 0 Å². The number of methoxy groups -OCH3 is 3. The average molecular weight is 414 g/mol. The SMILES string of the molecule is COc1cc(C(=O)NC2CCN(C(=O)Oc3ccccc3)CC2)cc(OC)c1OC. The van der Waals surface area contributed by atoms with Crippen molar-refractivity contribution in [3.05, 3.63) is 48.0 Å². The van der Waals surface area contributed by atoms with E-state index >= 15 is 0 Å². The molecule has 2 amide bonds. The van der Waals surface area contributed by atoms with Crippen LogP contribution in [-0.4, -0.2) is 57.4 Å². The molecule has 0 aromatic heterocycles. The maximum absolute atomic E-state index is 12.7. The second kappa shape index (κ2) is 9.87. The smallest absolute Gasteiger partial charge is 0.415 e. The summed E-state index contributed by atoms with van der Waals surface area (Å²) in [5.41, 5.74) is 0.412. The third kappa shape index (κ3) is 4.94. The molecule has 1 fully saturated rings. The van der Waals surface area contributed by atoms with Crippen molar-refractivity contribution in [3.63, 3.8) is 0 Å². The van der Waals surface area contributed by atoms with Gasteiger partial charge < -0.3 is 29.2 Å². The van der Waals surface area contributed by atoms with E-state index < -0.39 is 0 Å². The van der Waals surface area contributed by atoms with Gasteiger partial charge in [0.2, 0.25) is 5.75 Å². The minimum atomic E-state index is -0.379. The molecule has 1 aliphatic rings. The highest BCUT2D eigenvalue weighted by Crippen LogP contribution is 2.38. The molecule has 30 heavy (non-hydrogen) atoms. The summed E-state index contributed by atoms with van der Waals surface area (Å²) in [6, 6.07) is 12.1. The van der Waals surface area contributed by atoms with E-state index in [0.717, 1.165) is 0 Å². The van der Waals surface area contributed by atoms with Gasteiger partial charge in [-0.3, -0.25) is 4.79 Å². The molecule has 2 aromatic rings. The normalized spacial score (nSPS) is 14.0. The van der Waals surface area contributed by atoms with Crippen LogP contribution in [0.2, 0.25) is 0 Å². The average Bonchev–Trinajstić information content (AvgIpc) is 2.79. The summed E-state index contributed by atoms with van der Waals surface area (Å²) in [6.45, 7) is 1.01. The number of amides is 2. The van der Waals surface area contributed by atoms with Gasteiger partial charge >= 0.3 is 6.09 Å². The van der Waals surface area contributed by atoms with Crippen LogP contribution in [0.1, 0.15) is 23.2 Å². The Balaban J connectivity index is 1.57. The zero-order chi connectivity index (χ0) is 21.5. The molecule has 1 heterocycles. The van der Waals surface area contributed by atoms with Gasteiger partial charge in [0.25, 0.3) is 5.91 Å². The van der Waals surface area contributed by atoms with Crippen molar-refractivity contribution in [2.24, 2.45) is 0 Å². The molecule has 0 saturated carbocycles. The summed E-state index contributed by atoms with van der Waals surface area (Å²) in [4.78, 5) is 26.7. The second-order valence-electron chi connectivity index (χ2n) is 6.83. The molecule has 1 saturated heterocycles. The van der Waals surface area contributed by atoms with Gasteiger partial charge in [0.05, 0.1) is 21.3 Å². The first kappa shape index (κ1) is 21.3. The zero-order valence-corrected chi connectivity index (χ0v) is 17.3. The molecular formula is C22H26N2O6. The van der Waals surface area contributed by atoms with Crippen LogP contribution in [0.15, 0.2) is 42.5 Å². The minimum Gasteiger partial charge on any atom is -0.493 e. The van der Waals surface area contributed by atoms with Crippen molar-refractivity contribution < 1.29 is 28.5 Å². The third-order valence-electron chi connectivity index (χ3n) is 4.96. The lowest BCUT2D eigenvalue weighted by Crippen LogP contribution is -2.47. The summed E-state index contributed by atoms with van der Waals surface area (Å²) in [7, 11) is 4.52. The molecule has 0 aliphatic carbocycles. The molecule has 160 valence electrons. The van der Waals surface area contributed by atoms with Gasteiger partial charge in [-0.25, -0.2) is 4.79 Å². The number of rotatable bonds is 6. The summed E-state index contributed by atoms with van der Waals surface area (Å²) in [5, 5.41) is 3.01. The standard InChI is InChI=1S/C22H26N2O6/c1-27-18-13-15(14-19(28-2)20(18)29-3)21(25)23-16-9-11-24(12-10-16)22(26)30-17-7-5-4-6-8-17/h4-8,13-14,16H,9-12H2,1-3H3,(H,23,25). The topological polar surface area (TPSA) is 86.3 Å². The zero-order valence-electron chi connectivity index (χ0n) is 17.3. The van der Waals surface area contributed by atoms with E-state index in [-0.39, 0.29) is 18.0 Å². The first-order valence-corrected chi connectivity index (χ1v) is 9.68. The maximum Gasteiger partial charge on any atom is 0.415 e. The Morgan fingerprint density at radius 3 is 2.07 bits per heavy atom. The van der Waals surface area contributed by atoms with Crippen LogP contribution in [0.3, 0.4) is 0 Å². The molecule has 0 unspecified atom stereocenters. The fourth-order valence-corrected chi connectivity index (χ4v) is 3.34. The molecule has 8 heteroatoms. The van der Waals surface area contributed by atoms with Gasteiger partial charge in [-0.15, -0.1) is 0 Å². The van der Waals surface area contributed by atoms with E-state index in [1.54, 1.807) is 29.2 Å². The Morgan fingerprint density at radius 1 is 0.933 bits per heavy atom. The van der Waals surface area contributed by atoms with Crippen molar-refractivity contribution in [2.75, 3.05) is 34.4 Å². The number of carbonyl (C=O) groups excluding carboxylic acids is 2. The van der Waals surface area contributed by atoms with Crippen LogP contribution in [0.25, 0.3) is 0 Å². The van der Waals surface area contributed by atoms with Crippen LogP contribution >= 0.6 is 0 Å². The summed E-state index contributed by atoms with van der Waals surface area (Å²) in [5.74, 6) is 1.54. The van der Waals surface area contributed by atoms with Gasteiger partial charge in [0, 0.05) is 24.7 Å². The molecule has 0 radical (unpaired) electrons. The van der Waals surface area contributed by atoms with Crippen molar-refractivity contribution in [2.45, 2.75) is 18.9 Å². The lowest BCUT2D eigenvalue weighted by Gasteiger charge is -2.31. The van der Waals surface area contributed by atoms with Crippen molar-refractivity contribution in [3.8, 4) is 23.0 Å². The van der Waals surface area contributed by atoms with E-state index in [1.807, 2.05) is 18.2 Å². The Labute approximate surface area is 175 Å². The predicted molar refractivity (Wildman–Crippen MR) is 111 cm³/mol. The van der Waals surface area contributed by atoms with Gasteiger partial charge in [-0.1, -0.05) is 18.2 Å². The minimum absolute atomic E-state index is 0.0441. The molecule has 2 aromatic carbocycles. The van der Waals surface area contributed by atoms with Crippen LogP contribution in [0.4, 0.5) is 4.79 Å². The number of para-hydroxylation sites is 1. The van der Waals surface area contributed by atoms with Crippen LogP contribution in [-0.2, 0) is 0 Å². The Bertz CT molecular complexity index is 853. The molecular weight excluding hydrogens is 388 g/mol. The maximum atomic E-state index is 12.7. The number of hydrogen-bond donors (Lipinski definition) is 1. The fourth-order valence-electron chi connectivity index (χ4n) is 3.34. The van der Waals surface area contributed by atoms with Gasteiger partial charge in [-0.05, 0) is 37.1 Å². The van der Waals surface area contributed by atoms with Crippen molar-refractivity contribution in [1.82, 2.24) is 10.2 Å². The van der Waals surface area contributed by atoms with E-state index in [2.05, 4.69) is 5.32 Å². The van der Waals surface area contributed by atoms with E-state index in [0.29, 0.717) is 54.5 Å². The molecule has 3 rings (SSSR count). The van der Waals surface area contributed by atoms with Crippen molar-refractivity contribution >= 4 is 12.0 Å². The lowest BCUT2D eigenvalue weighted by molar-refractivity contribution is 0.0909. The lowest BCUT2D eigenvalue weighted by atomic mass is 10.0. The molecule has 0 atom stereocenters. The number of piperidine rings is 1. The molecule has 1 N–H and O–H groups in total. The molecule has 0 bridgehead atoms. The highest BCUT2D eigenvalue weighted by Gasteiger charge is 2.26. The van der Waals surface area contributed by atoms with Crippen LogP contribution < -0.4 is 24.3 Å². The van der Waals surface area contributed by atoms with E-state index in [9.17, 15) is 9.59 Å². The number of hydrogen-bond acceptors (Lipinski definition) is 6. The second-order valence-corrected chi connectivity index (χ2v) is 6.83. The van der Waals surface area contributed by atoms with Gasteiger partial charge in [0.15, 0.2) is 11.5 Å². The number of carbonyl (C=O) groups is 2. The summed E-state index contributed by atoms with van der Waals surface area (Å²) < 4.78 is 21.3.